The fourth-order valence-electron chi connectivity index (χ4n) is 1.73. The summed E-state index contributed by atoms with van der Waals surface area (Å²) in [4.78, 5) is 0. The number of hydrogen-bond donors (Lipinski definition) is 1. The average molecular weight is 192 g/mol. The second kappa shape index (κ2) is 5.69. The van der Waals surface area contributed by atoms with Gasteiger partial charge in [0.1, 0.15) is 5.75 Å². The maximum absolute atomic E-state index is 9.41. The van der Waals surface area contributed by atoms with Crippen molar-refractivity contribution in [2.75, 3.05) is 0 Å². The molecule has 0 radical (unpaired) electrons. The van der Waals surface area contributed by atoms with Crippen LogP contribution in [0.4, 0.5) is 0 Å². The quantitative estimate of drug-likeness (QED) is 0.754. The van der Waals surface area contributed by atoms with Gasteiger partial charge in [0.25, 0.3) is 0 Å². The second-order valence-corrected chi connectivity index (χ2v) is 3.81. The van der Waals surface area contributed by atoms with Crippen LogP contribution in [0.15, 0.2) is 18.2 Å². The molecule has 1 heteroatoms. The summed E-state index contributed by atoms with van der Waals surface area (Å²) >= 11 is 0. The van der Waals surface area contributed by atoms with Crippen molar-refractivity contribution in [3.63, 3.8) is 0 Å². The Morgan fingerprint density at radius 3 is 2.43 bits per heavy atom. The van der Waals surface area contributed by atoms with E-state index in [0.717, 1.165) is 12.8 Å². The molecule has 1 N–H and O–H groups in total. The third-order valence-electron chi connectivity index (χ3n) is 2.51. The Balaban J connectivity index is 2.79. The van der Waals surface area contributed by atoms with Crippen LogP contribution in [-0.4, -0.2) is 5.11 Å². The molecule has 0 aliphatic carbocycles. The summed E-state index contributed by atoms with van der Waals surface area (Å²) < 4.78 is 0. The van der Waals surface area contributed by atoms with Crippen LogP contribution >= 0.6 is 0 Å². The Morgan fingerprint density at radius 1 is 1.00 bits per heavy atom. The first-order chi connectivity index (χ1) is 6.77. The van der Waals surface area contributed by atoms with Crippen molar-refractivity contribution < 1.29 is 5.11 Å². The van der Waals surface area contributed by atoms with Gasteiger partial charge in [0.15, 0.2) is 0 Å². The van der Waals surface area contributed by atoms with Gasteiger partial charge in [0, 0.05) is 0 Å². The standard InChI is InChI=1S/C13H20O/c1-3-5-7-12-10-13(14)9-8-11(12)6-4-2/h8-10,14H,3-7H2,1-2H3. The highest BCUT2D eigenvalue weighted by molar-refractivity contribution is 5.35. The van der Waals surface area contributed by atoms with E-state index in [1.165, 1.54) is 30.4 Å². The minimum Gasteiger partial charge on any atom is -0.508 e. The number of aromatic hydroxyl groups is 1. The number of phenolic OH excluding ortho intramolecular Hbond substituents is 1. The van der Waals surface area contributed by atoms with Crippen LogP contribution < -0.4 is 0 Å². The summed E-state index contributed by atoms with van der Waals surface area (Å²) in [6, 6.07) is 5.77. The van der Waals surface area contributed by atoms with Crippen LogP contribution in [0.2, 0.25) is 0 Å². The fourth-order valence-corrected chi connectivity index (χ4v) is 1.73. The van der Waals surface area contributed by atoms with Gasteiger partial charge in [-0.15, -0.1) is 0 Å². The molecule has 0 aromatic heterocycles. The molecular formula is C13H20O. The van der Waals surface area contributed by atoms with Gasteiger partial charge in [0.2, 0.25) is 0 Å². The lowest BCUT2D eigenvalue weighted by Gasteiger charge is -2.08. The normalized spacial score (nSPS) is 10.4. The van der Waals surface area contributed by atoms with E-state index < -0.39 is 0 Å². The lowest BCUT2D eigenvalue weighted by molar-refractivity contribution is 0.474. The van der Waals surface area contributed by atoms with E-state index in [9.17, 15) is 5.11 Å². The summed E-state index contributed by atoms with van der Waals surface area (Å²) in [5.41, 5.74) is 2.73. The largest absolute Gasteiger partial charge is 0.508 e. The lowest BCUT2D eigenvalue weighted by Crippen LogP contribution is -1.93. The summed E-state index contributed by atoms with van der Waals surface area (Å²) in [5.74, 6) is 0.399. The molecule has 0 unspecified atom stereocenters. The van der Waals surface area contributed by atoms with Crippen LogP contribution in [0.25, 0.3) is 0 Å². The molecule has 0 saturated heterocycles. The SMILES string of the molecule is CCCCc1cc(O)ccc1CCC. The highest BCUT2D eigenvalue weighted by atomic mass is 16.3. The fraction of sp³-hybridized carbons (Fsp3) is 0.538. The van der Waals surface area contributed by atoms with Crippen molar-refractivity contribution in [3.8, 4) is 5.75 Å². The first-order valence-electron chi connectivity index (χ1n) is 5.58. The molecule has 0 aliphatic rings. The Hall–Kier alpha value is -0.980. The minimum absolute atomic E-state index is 0.399. The average Bonchev–Trinajstić information content (AvgIpc) is 2.18. The number of benzene rings is 1. The van der Waals surface area contributed by atoms with E-state index in [1.54, 1.807) is 6.07 Å². The van der Waals surface area contributed by atoms with Crippen molar-refractivity contribution in [2.24, 2.45) is 0 Å². The molecule has 0 saturated carbocycles. The van der Waals surface area contributed by atoms with Crippen LogP contribution in [0, 0.1) is 0 Å². The number of rotatable bonds is 5. The topological polar surface area (TPSA) is 20.2 Å². The third-order valence-corrected chi connectivity index (χ3v) is 2.51. The third kappa shape index (κ3) is 3.06. The monoisotopic (exact) mass is 192 g/mol. The summed E-state index contributed by atoms with van der Waals surface area (Å²) in [6.07, 6.45) is 5.81. The van der Waals surface area contributed by atoms with E-state index in [4.69, 9.17) is 0 Å². The van der Waals surface area contributed by atoms with Gasteiger partial charge in [-0.2, -0.15) is 0 Å². The molecule has 0 aliphatic heterocycles. The van der Waals surface area contributed by atoms with Crippen LogP contribution in [0.3, 0.4) is 0 Å². The molecule has 0 atom stereocenters. The maximum atomic E-state index is 9.41. The molecule has 0 amide bonds. The van der Waals surface area contributed by atoms with E-state index in [1.807, 2.05) is 6.07 Å². The van der Waals surface area contributed by atoms with Gasteiger partial charge in [-0.3, -0.25) is 0 Å². The van der Waals surface area contributed by atoms with Crippen molar-refractivity contribution in [1.82, 2.24) is 0 Å². The van der Waals surface area contributed by atoms with Crippen molar-refractivity contribution in [3.05, 3.63) is 29.3 Å². The number of unbranched alkanes of at least 4 members (excludes halogenated alkanes) is 1. The summed E-state index contributed by atoms with van der Waals surface area (Å²) in [6.45, 7) is 4.39. The van der Waals surface area contributed by atoms with E-state index in [2.05, 4.69) is 19.9 Å². The highest BCUT2D eigenvalue weighted by Crippen LogP contribution is 2.19. The molecule has 78 valence electrons. The summed E-state index contributed by atoms with van der Waals surface area (Å²) in [7, 11) is 0. The van der Waals surface area contributed by atoms with Gasteiger partial charge in [-0.05, 0) is 42.5 Å². The van der Waals surface area contributed by atoms with Crippen molar-refractivity contribution >= 4 is 0 Å². The second-order valence-electron chi connectivity index (χ2n) is 3.81. The Kier molecular flexibility index (Phi) is 4.51. The zero-order chi connectivity index (χ0) is 10.4. The maximum Gasteiger partial charge on any atom is 0.115 e. The Morgan fingerprint density at radius 2 is 1.79 bits per heavy atom. The first-order valence-corrected chi connectivity index (χ1v) is 5.58. The Labute approximate surface area is 86.8 Å². The van der Waals surface area contributed by atoms with E-state index in [-0.39, 0.29) is 0 Å². The molecule has 1 aromatic rings. The zero-order valence-corrected chi connectivity index (χ0v) is 9.21. The molecule has 0 fully saturated rings. The van der Waals surface area contributed by atoms with E-state index in [0.29, 0.717) is 5.75 Å². The van der Waals surface area contributed by atoms with Crippen LogP contribution in [0.1, 0.15) is 44.2 Å². The van der Waals surface area contributed by atoms with Crippen molar-refractivity contribution in [2.45, 2.75) is 46.0 Å². The molecule has 1 rings (SSSR count). The van der Waals surface area contributed by atoms with Crippen molar-refractivity contribution in [1.29, 1.82) is 0 Å². The number of hydrogen-bond acceptors (Lipinski definition) is 1. The van der Waals surface area contributed by atoms with E-state index >= 15 is 0 Å². The zero-order valence-electron chi connectivity index (χ0n) is 9.21. The lowest BCUT2D eigenvalue weighted by atomic mass is 9.98. The van der Waals surface area contributed by atoms with Gasteiger partial charge in [-0.25, -0.2) is 0 Å². The molecule has 0 bridgehead atoms. The minimum atomic E-state index is 0.399. The molecule has 0 spiro atoms. The first kappa shape index (κ1) is 11.1. The van der Waals surface area contributed by atoms with Gasteiger partial charge in [-0.1, -0.05) is 32.8 Å². The molecular weight excluding hydrogens is 172 g/mol. The van der Waals surface area contributed by atoms with Crippen LogP contribution in [-0.2, 0) is 12.8 Å². The number of aryl methyl sites for hydroxylation is 2. The Bertz CT molecular complexity index is 279. The van der Waals surface area contributed by atoms with Crippen LogP contribution in [0.5, 0.6) is 5.75 Å². The molecule has 0 heterocycles. The highest BCUT2D eigenvalue weighted by Gasteiger charge is 2.02. The predicted molar refractivity (Wildman–Crippen MR) is 60.7 cm³/mol. The number of phenols is 1. The smallest absolute Gasteiger partial charge is 0.115 e. The van der Waals surface area contributed by atoms with Gasteiger partial charge in [0.05, 0.1) is 0 Å². The predicted octanol–water partition coefficient (Wildman–Crippen LogP) is 3.69. The van der Waals surface area contributed by atoms with Gasteiger partial charge >= 0.3 is 0 Å². The van der Waals surface area contributed by atoms with Gasteiger partial charge < -0.3 is 5.11 Å². The summed E-state index contributed by atoms with van der Waals surface area (Å²) in [5, 5.41) is 9.41. The molecule has 14 heavy (non-hydrogen) atoms. The molecule has 1 nitrogen and oxygen atoms in total. The molecule has 1 aromatic carbocycles.